The first-order valence-electron chi connectivity index (χ1n) is 6.72. The van der Waals surface area contributed by atoms with Crippen molar-refractivity contribution in [1.29, 1.82) is 0 Å². The first-order valence-corrected chi connectivity index (χ1v) is 6.72. The highest BCUT2D eigenvalue weighted by molar-refractivity contribution is 5.21. The fourth-order valence-corrected chi connectivity index (χ4v) is 2.76. The van der Waals surface area contributed by atoms with E-state index in [0.29, 0.717) is 18.5 Å². The van der Waals surface area contributed by atoms with Crippen LogP contribution in [0, 0.1) is 0 Å². The smallest absolute Gasteiger partial charge is 0.212 e. The molecule has 0 aromatic carbocycles. The highest BCUT2D eigenvalue weighted by atomic mass is 16.5. The summed E-state index contributed by atoms with van der Waals surface area (Å²) in [4.78, 5) is 6.79. The van der Waals surface area contributed by atoms with Crippen LogP contribution >= 0.6 is 0 Å². The molecule has 100 valence electrons. The Balaban J connectivity index is 2.15. The number of nitrogens with zero attached hydrogens (tertiary/aromatic N) is 2. The van der Waals surface area contributed by atoms with Gasteiger partial charge >= 0.3 is 0 Å². The average Bonchev–Trinajstić information content (AvgIpc) is 2.42. The summed E-state index contributed by atoms with van der Waals surface area (Å²) in [7, 11) is 1.63. The van der Waals surface area contributed by atoms with Crippen molar-refractivity contribution in [2.24, 2.45) is 5.73 Å². The Labute approximate surface area is 109 Å². The zero-order valence-corrected chi connectivity index (χ0v) is 11.3. The van der Waals surface area contributed by atoms with Gasteiger partial charge in [-0.3, -0.25) is 4.90 Å². The van der Waals surface area contributed by atoms with Crippen LogP contribution in [0.15, 0.2) is 18.3 Å². The Morgan fingerprint density at radius 1 is 1.50 bits per heavy atom. The minimum atomic E-state index is 0.277. The molecular weight excluding hydrogens is 226 g/mol. The van der Waals surface area contributed by atoms with Crippen LogP contribution in [-0.2, 0) is 0 Å². The molecule has 0 saturated carbocycles. The first-order chi connectivity index (χ1) is 8.76. The van der Waals surface area contributed by atoms with Crippen LogP contribution in [0.1, 0.15) is 37.8 Å². The molecule has 1 aliphatic rings. The number of nitrogens with two attached hydrogens (primary N) is 1. The van der Waals surface area contributed by atoms with Gasteiger partial charge in [0.15, 0.2) is 0 Å². The van der Waals surface area contributed by atoms with Gasteiger partial charge in [-0.2, -0.15) is 0 Å². The maximum atomic E-state index is 5.97. The van der Waals surface area contributed by atoms with Crippen molar-refractivity contribution in [3.05, 3.63) is 23.9 Å². The minimum absolute atomic E-state index is 0.277. The molecule has 1 aromatic heterocycles. The van der Waals surface area contributed by atoms with Crippen molar-refractivity contribution in [1.82, 2.24) is 9.88 Å². The lowest BCUT2D eigenvalue weighted by Crippen LogP contribution is -2.43. The van der Waals surface area contributed by atoms with E-state index in [2.05, 4.69) is 22.9 Å². The van der Waals surface area contributed by atoms with Gasteiger partial charge in [-0.25, -0.2) is 4.98 Å². The summed E-state index contributed by atoms with van der Waals surface area (Å²) in [6.45, 7) is 4.06. The molecular formula is C14H23N3O. The van der Waals surface area contributed by atoms with E-state index in [1.54, 1.807) is 7.11 Å². The van der Waals surface area contributed by atoms with Gasteiger partial charge in [-0.15, -0.1) is 0 Å². The van der Waals surface area contributed by atoms with Crippen molar-refractivity contribution < 1.29 is 4.74 Å². The molecule has 4 nitrogen and oxygen atoms in total. The summed E-state index contributed by atoms with van der Waals surface area (Å²) in [6.07, 6.45) is 5.75. The summed E-state index contributed by atoms with van der Waals surface area (Å²) < 4.78 is 5.09. The van der Waals surface area contributed by atoms with Crippen LogP contribution in [0.25, 0.3) is 0 Å². The van der Waals surface area contributed by atoms with Gasteiger partial charge in [0.2, 0.25) is 5.88 Å². The summed E-state index contributed by atoms with van der Waals surface area (Å²) in [5, 5.41) is 0. The van der Waals surface area contributed by atoms with Crippen molar-refractivity contribution in [2.75, 3.05) is 20.2 Å². The molecule has 0 bridgehead atoms. The van der Waals surface area contributed by atoms with Crippen LogP contribution < -0.4 is 10.5 Å². The maximum absolute atomic E-state index is 5.97. The van der Waals surface area contributed by atoms with Gasteiger partial charge in [-0.1, -0.05) is 12.5 Å². The van der Waals surface area contributed by atoms with E-state index in [-0.39, 0.29) is 6.04 Å². The van der Waals surface area contributed by atoms with Gasteiger partial charge in [-0.05, 0) is 31.9 Å². The van der Waals surface area contributed by atoms with Crippen molar-refractivity contribution in [3.8, 4) is 5.88 Å². The second kappa shape index (κ2) is 6.16. The highest BCUT2D eigenvalue weighted by Crippen LogP contribution is 2.27. The van der Waals surface area contributed by atoms with E-state index < -0.39 is 0 Å². The van der Waals surface area contributed by atoms with Gasteiger partial charge in [0, 0.05) is 30.9 Å². The molecule has 2 atom stereocenters. The lowest BCUT2D eigenvalue weighted by Gasteiger charge is -2.39. The topological polar surface area (TPSA) is 51.4 Å². The van der Waals surface area contributed by atoms with Crippen molar-refractivity contribution in [2.45, 2.75) is 38.3 Å². The molecule has 2 heterocycles. The Morgan fingerprint density at radius 2 is 2.33 bits per heavy atom. The fourth-order valence-electron chi connectivity index (χ4n) is 2.76. The van der Waals surface area contributed by atoms with E-state index in [0.717, 1.165) is 6.54 Å². The monoisotopic (exact) mass is 249 g/mol. The first kappa shape index (κ1) is 13.3. The molecule has 0 amide bonds. The molecule has 2 N–H and O–H groups in total. The van der Waals surface area contributed by atoms with E-state index in [9.17, 15) is 0 Å². The molecule has 0 spiro atoms. The van der Waals surface area contributed by atoms with E-state index in [4.69, 9.17) is 10.5 Å². The maximum Gasteiger partial charge on any atom is 0.212 e. The number of rotatable bonds is 4. The quantitative estimate of drug-likeness (QED) is 0.886. The van der Waals surface area contributed by atoms with Crippen LogP contribution in [0.3, 0.4) is 0 Å². The Bertz CT molecular complexity index is 366. The lowest BCUT2D eigenvalue weighted by molar-refractivity contribution is 0.108. The molecule has 1 saturated heterocycles. The SMILES string of the molecule is COc1ccc(C(CN)N2CCCCC2C)cn1. The number of hydrogen-bond donors (Lipinski definition) is 1. The zero-order valence-electron chi connectivity index (χ0n) is 11.3. The fraction of sp³-hybridized carbons (Fsp3) is 0.643. The predicted octanol–water partition coefficient (Wildman–Crippen LogP) is 1.96. The zero-order chi connectivity index (χ0) is 13.0. The number of hydrogen-bond acceptors (Lipinski definition) is 4. The molecule has 2 rings (SSSR count). The Kier molecular flexibility index (Phi) is 4.55. The van der Waals surface area contributed by atoms with Gasteiger partial charge in [0.25, 0.3) is 0 Å². The number of piperidine rings is 1. The second-order valence-corrected chi connectivity index (χ2v) is 4.97. The molecule has 1 fully saturated rings. The standard InChI is InChI=1S/C14H23N3O/c1-11-5-3-4-8-17(11)13(9-15)12-6-7-14(18-2)16-10-12/h6-7,10-11,13H,3-5,8-9,15H2,1-2H3. The molecule has 1 aliphatic heterocycles. The number of pyridine rings is 1. The van der Waals surface area contributed by atoms with Gasteiger partial charge in [0.05, 0.1) is 7.11 Å². The lowest BCUT2D eigenvalue weighted by atomic mass is 9.98. The van der Waals surface area contributed by atoms with Crippen molar-refractivity contribution >= 4 is 0 Å². The van der Waals surface area contributed by atoms with E-state index in [1.165, 1.54) is 24.8 Å². The molecule has 4 heteroatoms. The Hall–Kier alpha value is -1.13. The summed E-state index contributed by atoms with van der Waals surface area (Å²) in [5.41, 5.74) is 7.15. The third-order valence-corrected chi connectivity index (χ3v) is 3.83. The molecule has 1 aromatic rings. The van der Waals surface area contributed by atoms with Crippen LogP contribution in [0.5, 0.6) is 5.88 Å². The highest BCUT2D eigenvalue weighted by Gasteiger charge is 2.26. The molecule has 0 radical (unpaired) electrons. The largest absolute Gasteiger partial charge is 0.481 e. The van der Waals surface area contributed by atoms with E-state index in [1.807, 2.05) is 12.3 Å². The summed E-state index contributed by atoms with van der Waals surface area (Å²) in [5.74, 6) is 0.654. The summed E-state index contributed by atoms with van der Waals surface area (Å²) in [6, 6.07) is 4.87. The third-order valence-electron chi connectivity index (χ3n) is 3.83. The molecule has 2 unspecified atom stereocenters. The number of likely N-dealkylation sites (tertiary alicyclic amines) is 1. The number of ether oxygens (including phenoxy) is 1. The van der Waals surface area contributed by atoms with Crippen molar-refractivity contribution in [3.63, 3.8) is 0 Å². The molecule has 0 aliphatic carbocycles. The minimum Gasteiger partial charge on any atom is -0.481 e. The summed E-state index contributed by atoms with van der Waals surface area (Å²) >= 11 is 0. The predicted molar refractivity (Wildman–Crippen MR) is 72.6 cm³/mol. The number of methoxy groups -OCH3 is 1. The van der Waals surface area contributed by atoms with Gasteiger partial charge in [0.1, 0.15) is 0 Å². The van der Waals surface area contributed by atoms with Crippen LogP contribution in [-0.4, -0.2) is 36.1 Å². The third kappa shape index (κ3) is 2.82. The molecule has 18 heavy (non-hydrogen) atoms. The number of aromatic nitrogens is 1. The second-order valence-electron chi connectivity index (χ2n) is 4.97. The normalized spacial score (nSPS) is 22.7. The van der Waals surface area contributed by atoms with Crippen LogP contribution in [0.2, 0.25) is 0 Å². The average molecular weight is 249 g/mol. The van der Waals surface area contributed by atoms with Crippen LogP contribution in [0.4, 0.5) is 0 Å². The Morgan fingerprint density at radius 3 is 2.89 bits per heavy atom. The van der Waals surface area contributed by atoms with Gasteiger partial charge < -0.3 is 10.5 Å². The van der Waals surface area contributed by atoms with E-state index >= 15 is 0 Å².